The van der Waals surface area contributed by atoms with Crippen molar-refractivity contribution in [2.45, 2.75) is 12.7 Å². The molecule has 0 bridgehead atoms. The van der Waals surface area contributed by atoms with Gasteiger partial charge < -0.3 is 14.8 Å². The van der Waals surface area contributed by atoms with Crippen LogP contribution in [0.3, 0.4) is 0 Å². The molecule has 0 saturated carbocycles. The molecular weight excluding hydrogens is 507 g/mol. The molecule has 0 fully saturated rings. The van der Waals surface area contributed by atoms with Gasteiger partial charge >= 0.3 is 6.18 Å². The number of hydrogen-bond acceptors (Lipinski definition) is 7. The molecule has 0 aliphatic heterocycles. The molecule has 2 heterocycles. The number of nitrogens with one attached hydrogen (secondary N) is 1. The molecule has 1 N–H and O–H groups in total. The van der Waals surface area contributed by atoms with Crippen molar-refractivity contribution in [2.75, 3.05) is 23.8 Å². The minimum Gasteiger partial charge on any atom is -0.359 e. The number of carbonyl (C=O) groups is 1. The third kappa shape index (κ3) is 5.73. The summed E-state index contributed by atoms with van der Waals surface area (Å²) < 4.78 is 43.0. The Hall–Kier alpha value is -5.16. The first-order valence-corrected chi connectivity index (χ1v) is 11.6. The van der Waals surface area contributed by atoms with Crippen LogP contribution in [0.15, 0.2) is 54.9 Å². The number of nitrogens with zero attached hydrogens (tertiary/aromatic N) is 6. The summed E-state index contributed by atoms with van der Waals surface area (Å²) in [5.74, 6) is 3.70. The summed E-state index contributed by atoms with van der Waals surface area (Å²) in [5, 5.41) is 20.7. The second-order valence-corrected chi connectivity index (χ2v) is 8.64. The quantitative estimate of drug-likeness (QED) is 0.255. The van der Waals surface area contributed by atoms with Gasteiger partial charge in [0.1, 0.15) is 24.2 Å². The molecule has 0 aliphatic carbocycles. The van der Waals surface area contributed by atoms with Crippen molar-refractivity contribution < 1.29 is 18.0 Å². The van der Waals surface area contributed by atoms with Crippen molar-refractivity contribution >= 4 is 17.9 Å². The Balaban J connectivity index is 1.86. The van der Waals surface area contributed by atoms with Gasteiger partial charge in [0.05, 0.1) is 23.7 Å². The van der Waals surface area contributed by atoms with Gasteiger partial charge in [-0.25, -0.2) is 4.98 Å². The number of aromatic nitrogens is 4. The molecule has 2 aromatic carbocycles. The molecule has 8 nitrogen and oxygen atoms in total. The number of aryl methyl sites for hydroxylation is 1. The van der Waals surface area contributed by atoms with E-state index in [2.05, 4.69) is 32.5 Å². The van der Waals surface area contributed by atoms with Crippen LogP contribution in [0, 0.1) is 23.7 Å². The Bertz CT molecular complexity index is 1610. The van der Waals surface area contributed by atoms with Crippen LogP contribution in [0.5, 0.6) is 0 Å². The lowest BCUT2D eigenvalue weighted by Crippen LogP contribution is -2.22. The Labute approximate surface area is 222 Å². The van der Waals surface area contributed by atoms with E-state index >= 15 is 0 Å². The number of rotatable bonds is 8. The monoisotopic (exact) mass is 529 g/mol. The fourth-order valence-corrected chi connectivity index (χ4v) is 4.15. The van der Waals surface area contributed by atoms with E-state index in [4.69, 9.17) is 6.42 Å². The maximum atomic E-state index is 13.8. The number of halogens is 3. The van der Waals surface area contributed by atoms with Crippen molar-refractivity contribution in [1.82, 2.24) is 19.7 Å². The van der Waals surface area contributed by atoms with E-state index in [9.17, 15) is 23.2 Å². The SMILES string of the molecule is C#CCNc1cc(-c2cc(C#N)ccc2-c2nncn2C)cc(N(C)Cc2c(C=O)cccc2C(F)(F)F)n1. The van der Waals surface area contributed by atoms with E-state index in [1.165, 1.54) is 17.0 Å². The number of aldehydes is 1. The number of pyridine rings is 1. The molecule has 196 valence electrons. The second kappa shape index (κ2) is 11.1. The van der Waals surface area contributed by atoms with E-state index in [0.717, 1.165) is 6.07 Å². The fraction of sp³-hybridized carbons (Fsp3) is 0.179. The summed E-state index contributed by atoms with van der Waals surface area (Å²) in [5.41, 5.74) is 1.20. The number of carbonyl (C=O) groups excluding carboxylic acids is 1. The zero-order valence-corrected chi connectivity index (χ0v) is 21.0. The van der Waals surface area contributed by atoms with Gasteiger partial charge in [0.25, 0.3) is 0 Å². The van der Waals surface area contributed by atoms with Gasteiger partial charge in [-0.05, 0) is 53.1 Å². The van der Waals surface area contributed by atoms with E-state index in [1.807, 2.05) is 0 Å². The van der Waals surface area contributed by atoms with Gasteiger partial charge in [-0.2, -0.15) is 18.4 Å². The largest absolute Gasteiger partial charge is 0.416 e. The molecule has 39 heavy (non-hydrogen) atoms. The maximum Gasteiger partial charge on any atom is 0.416 e. The van der Waals surface area contributed by atoms with Crippen LogP contribution < -0.4 is 10.2 Å². The van der Waals surface area contributed by atoms with Crippen molar-refractivity contribution in [3.63, 3.8) is 0 Å². The number of anilines is 2. The fourth-order valence-electron chi connectivity index (χ4n) is 4.15. The van der Waals surface area contributed by atoms with Crippen LogP contribution >= 0.6 is 0 Å². The first kappa shape index (κ1) is 26.9. The van der Waals surface area contributed by atoms with E-state index in [-0.39, 0.29) is 24.2 Å². The zero-order valence-electron chi connectivity index (χ0n) is 21.0. The Morgan fingerprint density at radius 2 is 1.97 bits per heavy atom. The molecule has 4 aromatic rings. The molecule has 0 unspecified atom stereocenters. The van der Waals surface area contributed by atoms with Crippen molar-refractivity contribution in [3.8, 4) is 40.9 Å². The topological polar surface area (TPSA) is 99.7 Å². The van der Waals surface area contributed by atoms with Gasteiger partial charge in [0, 0.05) is 31.8 Å². The first-order valence-electron chi connectivity index (χ1n) is 11.6. The Morgan fingerprint density at radius 3 is 2.62 bits per heavy atom. The van der Waals surface area contributed by atoms with Crippen molar-refractivity contribution in [1.29, 1.82) is 5.26 Å². The Morgan fingerprint density at radius 1 is 1.18 bits per heavy atom. The predicted molar refractivity (Wildman–Crippen MR) is 141 cm³/mol. The van der Waals surface area contributed by atoms with E-state index in [0.29, 0.717) is 46.0 Å². The first-order chi connectivity index (χ1) is 18.7. The molecule has 0 amide bonds. The van der Waals surface area contributed by atoms with Gasteiger partial charge in [-0.1, -0.05) is 18.1 Å². The second-order valence-electron chi connectivity index (χ2n) is 8.64. The molecular formula is C28H22F3N7O. The number of alkyl halides is 3. The zero-order chi connectivity index (χ0) is 28.2. The summed E-state index contributed by atoms with van der Waals surface area (Å²) in [6.07, 6.45) is 2.72. The minimum atomic E-state index is -4.65. The van der Waals surface area contributed by atoms with E-state index in [1.54, 1.807) is 55.3 Å². The Kier molecular flexibility index (Phi) is 7.63. The number of benzene rings is 2. The van der Waals surface area contributed by atoms with Gasteiger partial charge in [-0.15, -0.1) is 16.6 Å². The van der Waals surface area contributed by atoms with Gasteiger partial charge in [0.2, 0.25) is 0 Å². The van der Waals surface area contributed by atoms with E-state index < -0.39 is 11.7 Å². The third-order valence-electron chi connectivity index (χ3n) is 6.03. The lowest BCUT2D eigenvalue weighted by molar-refractivity contribution is -0.138. The highest BCUT2D eigenvalue weighted by Crippen LogP contribution is 2.37. The summed E-state index contributed by atoms with van der Waals surface area (Å²) in [7, 11) is 3.36. The number of hydrogen-bond donors (Lipinski definition) is 1. The van der Waals surface area contributed by atoms with Gasteiger partial charge in [-0.3, -0.25) is 4.79 Å². The highest BCUT2D eigenvalue weighted by atomic mass is 19.4. The van der Waals surface area contributed by atoms with Crippen LogP contribution in [0.25, 0.3) is 22.5 Å². The molecule has 0 aliphatic rings. The molecule has 0 saturated heterocycles. The lowest BCUT2D eigenvalue weighted by atomic mass is 9.97. The van der Waals surface area contributed by atoms with Crippen LogP contribution in [0.2, 0.25) is 0 Å². The average molecular weight is 530 g/mol. The summed E-state index contributed by atoms with van der Waals surface area (Å²) >= 11 is 0. The van der Waals surface area contributed by atoms with Crippen LogP contribution in [-0.2, 0) is 19.8 Å². The minimum absolute atomic E-state index is 0.0650. The van der Waals surface area contributed by atoms with Crippen molar-refractivity contribution in [3.05, 3.63) is 77.1 Å². The normalized spacial score (nSPS) is 10.9. The third-order valence-corrected chi connectivity index (χ3v) is 6.03. The summed E-state index contributed by atoms with van der Waals surface area (Å²) in [6.45, 7) is -0.0939. The molecule has 0 atom stereocenters. The lowest BCUT2D eigenvalue weighted by Gasteiger charge is -2.23. The molecule has 2 aromatic heterocycles. The average Bonchev–Trinajstić information content (AvgIpc) is 3.36. The van der Waals surface area contributed by atoms with Crippen LogP contribution in [0.4, 0.5) is 24.8 Å². The highest BCUT2D eigenvalue weighted by Gasteiger charge is 2.34. The van der Waals surface area contributed by atoms with Crippen LogP contribution in [-0.4, -0.2) is 39.6 Å². The number of terminal acetylenes is 1. The van der Waals surface area contributed by atoms with Gasteiger partial charge in [0.15, 0.2) is 5.82 Å². The molecule has 0 spiro atoms. The van der Waals surface area contributed by atoms with Crippen molar-refractivity contribution in [2.24, 2.45) is 7.05 Å². The number of nitriles is 1. The maximum absolute atomic E-state index is 13.8. The summed E-state index contributed by atoms with van der Waals surface area (Å²) in [4.78, 5) is 17.7. The molecule has 4 rings (SSSR count). The summed E-state index contributed by atoms with van der Waals surface area (Å²) in [6, 6.07) is 14.1. The standard InChI is InChI=1S/C28H22F3N7O/c1-4-10-33-25-12-20(22-11-18(14-32)8-9-21(22)27-36-34-17-38(27)3)13-26(35-25)37(2)15-23-19(16-39)6-5-7-24(23)28(29,30)31/h1,5-9,11-13,16-17H,10,15H2,2-3H3,(H,33,35). The smallest absolute Gasteiger partial charge is 0.359 e. The highest BCUT2D eigenvalue weighted by molar-refractivity contribution is 5.84. The predicted octanol–water partition coefficient (Wildman–Crippen LogP) is 4.93. The molecule has 11 heteroatoms. The molecule has 0 radical (unpaired) electrons. The van der Waals surface area contributed by atoms with Crippen LogP contribution in [0.1, 0.15) is 27.0 Å².